The lowest BCUT2D eigenvalue weighted by molar-refractivity contribution is 0.0884. The highest BCUT2D eigenvalue weighted by Gasteiger charge is 2.27. The smallest absolute Gasteiger partial charge is 0.200 e. The Morgan fingerprint density at radius 3 is 3.00 bits per heavy atom. The van der Waals surface area contributed by atoms with E-state index in [1.807, 2.05) is 19.1 Å². The molecule has 8 nitrogen and oxygen atoms in total. The van der Waals surface area contributed by atoms with Gasteiger partial charge in [0.2, 0.25) is 0 Å². The van der Waals surface area contributed by atoms with Gasteiger partial charge in [-0.3, -0.25) is 4.90 Å². The number of hydrogen-bond donors (Lipinski definition) is 1. The van der Waals surface area contributed by atoms with E-state index in [0.29, 0.717) is 11.7 Å². The van der Waals surface area contributed by atoms with Crippen molar-refractivity contribution in [2.24, 2.45) is 0 Å². The van der Waals surface area contributed by atoms with Crippen molar-refractivity contribution in [2.75, 3.05) is 31.1 Å². The fourth-order valence-electron chi connectivity index (χ4n) is 2.88. The highest BCUT2D eigenvalue weighted by atomic mass is 16.3. The monoisotopic (exact) mass is 291 g/mol. The fraction of sp³-hybridized carbons (Fsp3) is 0.692. The first-order chi connectivity index (χ1) is 10.2. The van der Waals surface area contributed by atoms with E-state index in [1.165, 1.54) is 4.63 Å². The van der Waals surface area contributed by atoms with Gasteiger partial charge in [-0.05, 0) is 35.9 Å². The molecule has 8 heteroatoms. The summed E-state index contributed by atoms with van der Waals surface area (Å²) in [6.07, 6.45) is 0.761. The minimum Gasteiger partial charge on any atom is -0.392 e. The van der Waals surface area contributed by atoms with Crippen molar-refractivity contribution in [1.29, 1.82) is 0 Å². The van der Waals surface area contributed by atoms with Crippen molar-refractivity contribution in [3.05, 3.63) is 12.1 Å². The molecule has 1 N–H and O–H groups in total. The summed E-state index contributed by atoms with van der Waals surface area (Å²) in [7, 11) is 0. The van der Waals surface area contributed by atoms with Crippen LogP contribution in [-0.4, -0.2) is 73.6 Å². The molecule has 2 atom stereocenters. The first-order valence-electron chi connectivity index (χ1n) is 7.40. The van der Waals surface area contributed by atoms with Crippen molar-refractivity contribution in [3.8, 4) is 0 Å². The molecule has 1 saturated heterocycles. The third-order valence-electron chi connectivity index (χ3n) is 3.95. The molecule has 21 heavy (non-hydrogen) atoms. The standard InChI is InChI=1S/C13H21N7O/c1-3-11-9-19(7-6-18(11)8-10(2)21)13-5-4-12-14-16-17-20(12)15-13/h4-5,10-11,21H,3,6-9H2,1-2H3. The summed E-state index contributed by atoms with van der Waals surface area (Å²) in [5, 5.41) is 25.4. The Morgan fingerprint density at radius 1 is 1.38 bits per heavy atom. The number of β-amino-alcohol motifs (C(OH)–C–C–N with tert-alkyl or cyclic N) is 1. The average molecular weight is 291 g/mol. The second-order valence-electron chi connectivity index (χ2n) is 5.57. The van der Waals surface area contributed by atoms with Gasteiger partial charge in [0.1, 0.15) is 0 Å². The summed E-state index contributed by atoms with van der Waals surface area (Å²) in [5.41, 5.74) is 0.651. The van der Waals surface area contributed by atoms with Gasteiger partial charge in [0.25, 0.3) is 0 Å². The van der Waals surface area contributed by atoms with Crippen LogP contribution in [0.25, 0.3) is 5.65 Å². The third kappa shape index (κ3) is 2.96. The van der Waals surface area contributed by atoms with Crippen LogP contribution in [-0.2, 0) is 0 Å². The lowest BCUT2D eigenvalue weighted by Gasteiger charge is -2.42. The second-order valence-corrected chi connectivity index (χ2v) is 5.57. The molecule has 114 valence electrons. The van der Waals surface area contributed by atoms with Crippen LogP contribution in [0.3, 0.4) is 0 Å². The number of hydrogen-bond acceptors (Lipinski definition) is 7. The molecule has 3 heterocycles. The molecule has 0 spiro atoms. The third-order valence-corrected chi connectivity index (χ3v) is 3.95. The van der Waals surface area contributed by atoms with E-state index in [0.717, 1.165) is 38.4 Å². The van der Waals surface area contributed by atoms with E-state index >= 15 is 0 Å². The average Bonchev–Trinajstić information content (AvgIpc) is 2.94. The van der Waals surface area contributed by atoms with Gasteiger partial charge in [0.15, 0.2) is 11.5 Å². The molecule has 0 radical (unpaired) electrons. The number of aliphatic hydroxyl groups excluding tert-OH is 1. The number of anilines is 1. The molecule has 1 aliphatic rings. The lowest BCUT2D eigenvalue weighted by Crippen LogP contribution is -2.54. The van der Waals surface area contributed by atoms with Crippen molar-refractivity contribution >= 4 is 11.5 Å². The summed E-state index contributed by atoms with van der Waals surface area (Å²) in [4.78, 5) is 4.62. The van der Waals surface area contributed by atoms with E-state index in [1.54, 1.807) is 0 Å². The first-order valence-corrected chi connectivity index (χ1v) is 7.40. The molecule has 0 bridgehead atoms. The van der Waals surface area contributed by atoms with Gasteiger partial charge in [-0.1, -0.05) is 6.92 Å². The fourth-order valence-corrected chi connectivity index (χ4v) is 2.88. The predicted octanol–water partition coefficient (Wildman–Crippen LogP) is -0.199. The highest BCUT2D eigenvalue weighted by Crippen LogP contribution is 2.19. The summed E-state index contributed by atoms with van der Waals surface area (Å²) in [5.74, 6) is 0.893. The molecule has 0 aliphatic carbocycles. The van der Waals surface area contributed by atoms with Gasteiger partial charge >= 0.3 is 0 Å². The molecule has 1 fully saturated rings. The lowest BCUT2D eigenvalue weighted by atomic mass is 10.1. The van der Waals surface area contributed by atoms with Gasteiger partial charge in [-0.2, -0.15) is 0 Å². The van der Waals surface area contributed by atoms with Gasteiger partial charge in [-0.25, -0.2) is 0 Å². The Hall–Kier alpha value is -1.80. The van der Waals surface area contributed by atoms with Crippen LogP contribution in [0.15, 0.2) is 12.1 Å². The molecular weight excluding hydrogens is 270 g/mol. The van der Waals surface area contributed by atoms with E-state index in [2.05, 4.69) is 37.3 Å². The molecule has 2 unspecified atom stereocenters. The van der Waals surface area contributed by atoms with E-state index in [4.69, 9.17) is 0 Å². The largest absolute Gasteiger partial charge is 0.392 e. The Labute approximate surface area is 123 Å². The van der Waals surface area contributed by atoms with Crippen LogP contribution in [0, 0.1) is 0 Å². The number of piperazine rings is 1. The summed E-state index contributed by atoms with van der Waals surface area (Å²) in [6.45, 7) is 7.48. The van der Waals surface area contributed by atoms with Crippen molar-refractivity contribution in [2.45, 2.75) is 32.4 Å². The normalized spacial score (nSPS) is 21.9. The number of fused-ring (bicyclic) bond motifs is 1. The zero-order chi connectivity index (χ0) is 14.8. The van der Waals surface area contributed by atoms with Crippen LogP contribution < -0.4 is 4.90 Å². The summed E-state index contributed by atoms with van der Waals surface area (Å²) in [6, 6.07) is 4.27. The Balaban J connectivity index is 1.75. The van der Waals surface area contributed by atoms with Crippen LogP contribution in [0.4, 0.5) is 5.82 Å². The van der Waals surface area contributed by atoms with Crippen LogP contribution in [0.5, 0.6) is 0 Å². The zero-order valence-corrected chi connectivity index (χ0v) is 12.4. The summed E-state index contributed by atoms with van der Waals surface area (Å²) < 4.78 is 1.46. The maximum absolute atomic E-state index is 9.60. The molecule has 2 aromatic rings. The van der Waals surface area contributed by atoms with E-state index in [-0.39, 0.29) is 6.10 Å². The maximum atomic E-state index is 9.60. The summed E-state index contributed by atoms with van der Waals surface area (Å²) >= 11 is 0. The Kier molecular flexibility index (Phi) is 3.98. The van der Waals surface area contributed by atoms with Gasteiger partial charge in [0, 0.05) is 32.2 Å². The molecule has 0 amide bonds. The van der Waals surface area contributed by atoms with Crippen LogP contribution in [0.2, 0.25) is 0 Å². The van der Waals surface area contributed by atoms with Crippen LogP contribution >= 0.6 is 0 Å². The Bertz CT molecular complexity index is 599. The quantitative estimate of drug-likeness (QED) is 0.835. The number of aliphatic hydroxyl groups is 1. The number of aromatic nitrogens is 5. The van der Waals surface area contributed by atoms with Crippen molar-refractivity contribution in [1.82, 2.24) is 30.2 Å². The molecular formula is C13H21N7O. The minimum atomic E-state index is -0.290. The SMILES string of the molecule is CCC1CN(c2ccc3nnnn3n2)CCN1CC(C)O. The van der Waals surface area contributed by atoms with Gasteiger partial charge in [-0.15, -0.1) is 14.8 Å². The molecule has 3 rings (SSSR count). The zero-order valence-electron chi connectivity index (χ0n) is 12.4. The molecule has 0 saturated carbocycles. The highest BCUT2D eigenvalue weighted by molar-refractivity contribution is 5.44. The number of tetrazole rings is 1. The minimum absolute atomic E-state index is 0.290. The molecule has 0 aromatic carbocycles. The predicted molar refractivity (Wildman–Crippen MR) is 78.1 cm³/mol. The van der Waals surface area contributed by atoms with Gasteiger partial charge in [0.05, 0.1) is 6.10 Å². The maximum Gasteiger partial charge on any atom is 0.200 e. The van der Waals surface area contributed by atoms with Crippen molar-refractivity contribution in [3.63, 3.8) is 0 Å². The van der Waals surface area contributed by atoms with E-state index in [9.17, 15) is 5.11 Å². The number of rotatable bonds is 4. The molecule has 2 aromatic heterocycles. The number of nitrogens with zero attached hydrogens (tertiary/aromatic N) is 7. The van der Waals surface area contributed by atoms with Crippen molar-refractivity contribution < 1.29 is 5.11 Å². The van der Waals surface area contributed by atoms with Gasteiger partial charge < -0.3 is 10.0 Å². The first kappa shape index (κ1) is 14.2. The molecule has 1 aliphatic heterocycles. The second kappa shape index (κ2) is 5.90. The Morgan fingerprint density at radius 2 is 2.24 bits per heavy atom. The topological polar surface area (TPSA) is 82.7 Å². The van der Waals surface area contributed by atoms with Crippen LogP contribution in [0.1, 0.15) is 20.3 Å². The van der Waals surface area contributed by atoms with E-state index < -0.39 is 0 Å².